The average Bonchev–Trinajstić information content (AvgIpc) is 2.55. The van der Waals surface area contributed by atoms with E-state index < -0.39 is 10.0 Å². The first-order valence-electron chi connectivity index (χ1n) is 9.49. The van der Waals surface area contributed by atoms with Crippen molar-refractivity contribution in [3.8, 4) is 5.75 Å². The Bertz CT molecular complexity index is 751. The molecule has 2 aliphatic rings. The molecule has 1 N–H and O–H groups in total. The van der Waals surface area contributed by atoms with Crippen molar-refractivity contribution in [1.29, 1.82) is 0 Å². The van der Waals surface area contributed by atoms with E-state index in [4.69, 9.17) is 4.74 Å². The van der Waals surface area contributed by atoms with Crippen molar-refractivity contribution in [2.45, 2.75) is 63.4 Å². The number of carbonyl (C=O) groups excluding carboxylic acids is 1. The van der Waals surface area contributed by atoms with Gasteiger partial charge in [-0.25, -0.2) is 8.42 Å². The normalized spacial score (nSPS) is 19.2. The number of hydrogen-bond donors (Lipinski definition) is 1. The Morgan fingerprint density at radius 2 is 1.85 bits per heavy atom. The van der Waals surface area contributed by atoms with Crippen LogP contribution in [0.2, 0.25) is 0 Å². The second-order valence-electron chi connectivity index (χ2n) is 7.41. The lowest BCUT2D eigenvalue weighted by molar-refractivity contribution is -0.122. The average molecular weight is 381 g/mol. The zero-order valence-corrected chi connectivity index (χ0v) is 16.3. The fraction of sp³-hybridized carbons (Fsp3) is 0.632. The van der Waals surface area contributed by atoms with Crippen LogP contribution >= 0.6 is 0 Å². The lowest BCUT2D eigenvalue weighted by Gasteiger charge is -2.27. The van der Waals surface area contributed by atoms with Gasteiger partial charge in [-0.3, -0.25) is 4.79 Å². The number of nitrogens with zero attached hydrogens (tertiary/aromatic N) is 1. The molecule has 1 aromatic carbocycles. The second-order valence-corrected chi connectivity index (χ2v) is 9.34. The number of ether oxygens (including phenoxy) is 1. The zero-order valence-electron chi connectivity index (χ0n) is 15.5. The van der Waals surface area contributed by atoms with Crippen LogP contribution in [-0.4, -0.2) is 37.8 Å². The molecule has 0 radical (unpaired) electrons. The van der Waals surface area contributed by atoms with E-state index in [0.717, 1.165) is 38.5 Å². The minimum absolute atomic E-state index is 0.0178. The monoisotopic (exact) mass is 380 g/mol. The molecule has 1 aromatic rings. The van der Waals surface area contributed by atoms with Crippen molar-refractivity contribution >= 4 is 21.6 Å². The summed E-state index contributed by atoms with van der Waals surface area (Å²) in [6, 6.07) is 4.76. The number of benzene rings is 1. The number of hydrogen-bond acceptors (Lipinski definition) is 4. The van der Waals surface area contributed by atoms with Crippen LogP contribution in [0.15, 0.2) is 23.1 Å². The molecule has 0 unspecified atom stereocenters. The number of carbonyl (C=O) groups is 1. The van der Waals surface area contributed by atoms with Crippen molar-refractivity contribution < 1.29 is 17.9 Å². The Morgan fingerprint density at radius 1 is 1.15 bits per heavy atom. The quantitative estimate of drug-likeness (QED) is 0.821. The number of amides is 1. The number of sulfonamides is 1. The Morgan fingerprint density at radius 3 is 2.42 bits per heavy atom. The summed E-state index contributed by atoms with van der Waals surface area (Å²) in [5, 5.41) is 2.89. The SMILES string of the molecule is CC(C)Oc1ccc(S(=O)(=O)N2CCCCC2)cc1NC(=O)C1CCC1. The largest absolute Gasteiger partial charge is 0.489 e. The summed E-state index contributed by atoms with van der Waals surface area (Å²) in [6.07, 6.45) is 5.61. The predicted octanol–water partition coefficient (Wildman–Crippen LogP) is 3.39. The topological polar surface area (TPSA) is 75.7 Å². The molecular formula is C19H28N2O4S. The number of nitrogens with one attached hydrogen (secondary N) is 1. The van der Waals surface area contributed by atoms with Crippen LogP contribution in [0.4, 0.5) is 5.69 Å². The van der Waals surface area contributed by atoms with Gasteiger partial charge in [0, 0.05) is 19.0 Å². The maximum atomic E-state index is 12.9. The standard InChI is InChI=1S/C19H28N2O4S/c1-14(2)25-18-10-9-16(26(23,24)21-11-4-3-5-12-21)13-17(18)20-19(22)15-7-6-8-15/h9-10,13-15H,3-8,11-12H2,1-2H3,(H,20,22). The third-order valence-corrected chi connectivity index (χ3v) is 6.89. The maximum Gasteiger partial charge on any atom is 0.243 e. The fourth-order valence-corrected chi connectivity index (χ4v) is 4.83. The molecule has 26 heavy (non-hydrogen) atoms. The molecule has 144 valence electrons. The zero-order chi connectivity index (χ0) is 18.7. The summed E-state index contributed by atoms with van der Waals surface area (Å²) in [7, 11) is -3.55. The molecule has 1 heterocycles. The highest BCUT2D eigenvalue weighted by Crippen LogP contribution is 2.33. The highest BCUT2D eigenvalue weighted by Gasteiger charge is 2.29. The van der Waals surface area contributed by atoms with E-state index in [0.29, 0.717) is 24.5 Å². The molecule has 1 aliphatic carbocycles. The van der Waals surface area contributed by atoms with Crippen LogP contribution in [0.5, 0.6) is 5.75 Å². The summed E-state index contributed by atoms with van der Waals surface area (Å²) in [6.45, 7) is 4.90. The number of piperidine rings is 1. The highest BCUT2D eigenvalue weighted by molar-refractivity contribution is 7.89. The molecule has 0 spiro atoms. The summed E-state index contributed by atoms with van der Waals surface area (Å²) in [4.78, 5) is 12.6. The first-order chi connectivity index (χ1) is 12.4. The Labute approximate surface area is 156 Å². The van der Waals surface area contributed by atoms with Crippen LogP contribution in [-0.2, 0) is 14.8 Å². The van der Waals surface area contributed by atoms with E-state index in [9.17, 15) is 13.2 Å². The first kappa shape index (κ1) is 19.2. The van der Waals surface area contributed by atoms with Gasteiger partial charge in [0.15, 0.2) is 0 Å². The van der Waals surface area contributed by atoms with E-state index in [1.807, 2.05) is 13.8 Å². The molecule has 1 saturated carbocycles. The van der Waals surface area contributed by atoms with Gasteiger partial charge in [0.1, 0.15) is 5.75 Å². The predicted molar refractivity (Wildman–Crippen MR) is 101 cm³/mol. The third kappa shape index (κ3) is 4.20. The minimum Gasteiger partial charge on any atom is -0.489 e. The van der Waals surface area contributed by atoms with E-state index in [-0.39, 0.29) is 22.8 Å². The van der Waals surface area contributed by atoms with Crippen molar-refractivity contribution in [3.63, 3.8) is 0 Å². The number of anilines is 1. The summed E-state index contributed by atoms with van der Waals surface area (Å²) in [5.41, 5.74) is 0.439. The molecule has 1 saturated heterocycles. The van der Waals surface area contributed by atoms with Gasteiger partial charge in [-0.1, -0.05) is 12.8 Å². The first-order valence-corrected chi connectivity index (χ1v) is 10.9. The molecule has 0 atom stereocenters. The van der Waals surface area contributed by atoms with Gasteiger partial charge in [0.25, 0.3) is 0 Å². The molecule has 0 bridgehead atoms. The lowest BCUT2D eigenvalue weighted by Crippen LogP contribution is -2.35. The molecule has 7 heteroatoms. The highest BCUT2D eigenvalue weighted by atomic mass is 32.2. The molecule has 0 aromatic heterocycles. The van der Waals surface area contributed by atoms with Crippen LogP contribution in [0, 0.1) is 5.92 Å². The van der Waals surface area contributed by atoms with Gasteiger partial charge in [-0.05, 0) is 57.7 Å². The molecule has 6 nitrogen and oxygen atoms in total. The second kappa shape index (κ2) is 7.96. The van der Waals surface area contributed by atoms with Crippen LogP contribution in [0.3, 0.4) is 0 Å². The van der Waals surface area contributed by atoms with Crippen molar-refractivity contribution in [3.05, 3.63) is 18.2 Å². The van der Waals surface area contributed by atoms with Gasteiger partial charge in [-0.2, -0.15) is 4.31 Å². The van der Waals surface area contributed by atoms with Gasteiger partial charge in [-0.15, -0.1) is 0 Å². The molecular weight excluding hydrogens is 352 g/mol. The van der Waals surface area contributed by atoms with Gasteiger partial charge in [0.05, 0.1) is 16.7 Å². The Balaban J connectivity index is 1.88. The molecule has 2 fully saturated rings. The summed E-state index contributed by atoms with van der Waals surface area (Å²) >= 11 is 0. The van der Waals surface area contributed by atoms with Crippen LogP contribution < -0.4 is 10.1 Å². The van der Waals surface area contributed by atoms with Crippen LogP contribution in [0.25, 0.3) is 0 Å². The molecule has 1 aliphatic heterocycles. The Hall–Kier alpha value is -1.60. The molecule has 1 amide bonds. The lowest BCUT2D eigenvalue weighted by atomic mass is 9.85. The van der Waals surface area contributed by atoms with E-state index in [1.165, 1.54) is 10.4 Å². The van der Waals surface area contributed by atoms with Gasteiger partial charge < -0.3 is 10.1 Å². The minimum atomic E-state index is -3.55. The maximum absolute atomic E-state index is 12.9. The fourth-order valence-electron chi connectivity index (χ4n) is 3.28. The van der Waals surface area contributed by atoms with Crippen molar-refractivity contribution in [1.82, 2.24) is 4.31 Å². The summed E-state index contributed by atoms with van der Waals surface area (Å²) < 4.78 is 33.2. The van der Waals surface area contributed by atoms with Crippen LogP contribution in [0.1, 0.15) is 52.4 Å². The van der Waals surface area contributed by atoms with E-state index >= 15 is 0 Å². The van der Waals surface area contributed by atoms with Crippen molar-refractivity contribution in [2.75, 3.05) is 18.4 Å². The van der Waals surface area contributed by atoms with E-state index in [1.54, 1.807) is 12.1 Å². The third-order valence-electron chi connectivity index (χ3n) is 5.00. The van der Waals surface area contributed by atoms with Gasteiger partial charge >= 0.3 is 0 Å². The number of rotatable bonds is 6. The van der Waals surface area contributed by atoms with Crippen molar-refractivity contribution in [2.24, 2.45) is 5.92 Å². The van der Waals surface area contributed by atoms with Gasteiger partial charge in [0.2, 0.25) is 15.9 Å². The molecule has 3 rings (SSSR count). The summed E-state index contributed by atoms with van der Waals surface area (Å²) in [5.74, 6) is 0.465. The Kier molecular flexibility index (Phi) is 5.87. The smallest absolute Gasteiger partial charge is 0.243 e. The van der Waals surface area contributed by atoms with E-state index in [2.05, 4.69) is 5.32 Å².